The Hall–Kier alpha value is -1.36. The fourth-order valence-corrected chi connectivity index (χ4v) is 1.66. The maximum absolute atomic E-state index is 10.6. The Morgan fingerprint density at radius 1 is 1.50 bits per heavy atom. The average molecular weight is 258 g/mol. The van der Waals surface area contributed by atoms with E-state index in [2.05, 4.69) is 21.1 Å². The second-order valence-electron chi connectivity index (χ2n) is 2.69. The Balaban J connectivity index is 3.20. The number of aromatic carboxylic acids is 1. The number of carboxylic acid groups (broad SMARTS) is 1. The Morgan fingerprint density at radius 3 is 2.57 bits per heavy atom. The molecule has 0 saturated carbocycles. The fraction of sp³-hybridized carbons (Fsp3) is 0.111. The molecule has 0 fully saturated rings. The van der Waals surface area contributed by atoms with Crippen LogP contribution < -0.4 is 0 Å². The zero-order chi connectivity index (χ0) is 10.7. The molecule has 0 aromatic heterocycles. The number of hydrogen-bond donors (Lipinski definition) is 2. The van der Waals surface area contributed by atoms with E-state index in [1.54, 1.807) is 13.0 Å². The third kappa shape index (κ3) is 2.11. The number of rotatable bonds is 2. The van der Waals surface area contributed by atoms with Gasteiger partial charge in [0.25, 0.3) is 0 Å². The van der Waals surface area contributed by atoms with Crippen molar-refractivity contribution in [3.8, 4) is 0 Å². The number of nitrogens with zero attached hydrogens (tertiary/aromatic N) is 1. The van der Waals surface area contributed by atoms with Crippen LogP contribution in [0.4, 0.5) is 0 Å². The minimum Gasteiger partial charge on any atom is -0.478 e. The van der Waals surface area contributed by atoms with Gasteiger partial charge in [0.1, 0.15) is 0 Å². The zero-order valence-corrected chi connectivity index (χ0v) is 8.95. The first-order valence-corrected chi connectivity index (χ1v) is 4.57. The van der Waals surface area contributed by atoms with Crippen LogP contribution >= 0.6 is 15.9 Å². The van der Waals surface area contributed by atoms with Gasteiger partial charge in [-0.1, -0.05) is 27.2 Å². The highest BCUT2D eigenvalue weighted by atomic mass is 79.9. The van der Waals surface area contributed by atoms with Gasteiger partial charge in [0.2, 0.25) is 0 Å². The third-order valence-electron chi connectivity index (χ3n) is 1.76. The van der Waals surface area contributed by atoms with E-state index in [1.165, 1.54) is 12.1 Å². The van der Waals surface area contributed by atoms with E-state index in [0.717, 1.165) is 0 Å². The monoisotopic (exact) mass is 257 g/mol. The van der Waals surface area contributed by atoms with Crippen LogP contribution in [0.2, 0.25) is 0 Å². The summed E-state index contributed by atoms with van der Waals surface area (Å²) in [4.78, 5) is 10.6. The highest BCUT2D eigenvalue weighted by Crippen LogP contribution is 2.19. The van der Waals surface area contributed by atoms with Gasteiger partial charge in [-0.25, -0.2) is 4.79 Å². The molecule has 4 nitrogen and oxygen atoms in total. The van der Waals surface area contributed by atoms with Crippen LogP contribution in [0.3, 0.4) is 0 Å². The summed E-state index contributed by atoms with van der Waals surface area (Å²) in [7, 11) is 0. The van der Waals surface area contributed by atoms with Gasteiger partial charge in [0.15, 0.2) is 0 Å². The molecule has 0 saturated heterocycles. The molecule has 0 radical (unpaired) electrons. The molecule has 0 aliphatic rings. The largest absolute Gasteiger partial charge is 0.478 e. The maximum Gasteiger partial charge on any atom is 0.335 e. The number of oxime groups is 1. The summed E-state index contributed by atoms with van der Waals surface area (Å²) in [6.07, 6.45) is 0. The van der Waals surface area contributed by atoms with Crippen molar-refractivity contribution >= 4 is 27.6 Å². The van der Waals surface area contributed by atoms with E-state index >= 15 is 0 Å². The molecule has 0 spiro atoms. The van der Waals surface area contributed by atoms with E-state index in [4.69, 9.17) is 10.3 Å². The second-order valence-corrected chi connectivity index (χ2v) is 3.54. The zero-order valence-electron chi connectivity index (χ0n) is 7.36. The van der Waals surface area contributed by atoms with Gasteiger partial charge in [0, 0.05) is 10.0 Å². The van der Waals surface area contributed by atoms with Crippen molar-refractivity contribution in [3.63, 3.8) is 0 Å². The lowest BCUT2D eigenvalue weighted by atomic mass is 10.1. The van der Waals surface area contributed by atoms with Gasteiger partial charge >= 0.3 is 5.97 Å². The number of carbonyl (C=O) groups is 1. The van der Waals surface area contributed by atoms with E-state index in [0.29, 0.717) is 15.7 Å². The van der Waals surface area contributed by atoms with Crippen LogP contribution in [-0.2, 0) is 0 Å². The molecule has 14 heavy (non-hydrogen) atoms. The molecule has 0 bridgehead atoms. The maximum atomic E-state index is 10.6. The number of benzene rings is 1. The normalized spacial score (nSPS) is 11.4. The van der Waals surface area contributed by atoms with Crippen LogP contribution in [0.5, 0.6) is 0 Å². The van der Waals surface area contributed by atoms with Gasteiger partial charge in [-0.05, 0) is 19.1 Å². The summed E-state index contributed by atoms with van der Waals surface area (Å²) in [5.41, 5.74) is 1.28. The van der Waals surface area contributed by atoms with Gasteiger partial charge in [-0.3, -0.25) is 0 Å². The van der Waals surface area contributed by atoms with Crippen molar-refractivity contribution in [2.75, 3.05) is 0 Å². The summed E-state index contributed by atoms with van der Waals surface area (Å²) in [5, 5.41) is 20.3. The average Bonchev–Trinajstić information content (AvgIpc) is 2.16. The van der Waals surface area contributed by atoms with Crippen molar-refractivity contribution in [3.05, 3.63) is 33.8 Å². The lowest BCUT2D eigenvalue weighted by Gasteiger charge is -2.03. The first kappa shape index (κ1) is 10.7. The quantitative estimate of drug-likeness (QED) is 0.486. The second kappa shape index (κ2) is 4.23. The molecule has 1 aromatic carbocycles. The Morgan fingerprint density at radius 2 is 2.14 bits per heavy atom. The molecule has 74 valence electrons. The predicted octanol–water partition coefficient (Wildman–Crippen LogP) is 2.35. The third-order valence-corrected chi connectivity index (χ3v) is 2.41. The highest BCUT2D eigenvalue weighted by molar-refractivity contribution is 9.10. The molecule has 0 amide bonds. The number of carboxylic acids is 1. The van der Waals surface area contributed by atoms with Crippen LogP contribution in [0.1, 0.15) is 22.8 Å². The van der Waals surface area contributed by atoms with Crippen molar-refractivity contribution in [1.82, 2.24) is 0 Å². The van der Waals surface area contributed by atoms with Gasteiger partial charge in [0.05, 0.1) is 11.3 Å². The molecular formula is C9H8BrNO3. The molecule has 0 aliphatic carbocycles. The first-order chi connectivity index (χ1) is 6.56. The number of halogens is 1. The predicted molar refractivity (Wildman–Crippen MR) is 55.1 cm³/mol. The summed E-state index contributed by atoms with van der Waals surface area (Å²) >= 11 is 3.20. The SMILES string of the molecule is CC(=NO)c1ccc(C(=O)O)cc1Br. The Labute approximate surface area is 89.0 Å². The lowest BCUT2D eigenvalue weighted by molar-refractivity contribution is 0.0697. The molecule has 1 aromatic rings. The van der Waals surface area contributed by atoms with Crippen molar-refractivity contribution < 1.29 is 15.1 Å². The summed E-state index contributed by atoms with van der Waals surface area (Å²) in [5.74, 6) is -0.990. The number of hydrogen-bond acceptors (Lipinski definition) is 3. The molecule has 0 heterocycles. The topological polar surface area (TPSA) is 69.9 Å². The van der Waals surface area contributed by atoms with Crippen LogP contribution in [0.25, 0.3) is 0 Å². The molecule has 0 atom stereocenters. The summed E-state index contributed by atoms with van der Waals surface area (Å²) in [6, 6.07) is 4.51. The standard InChI is InChI=1S/C9H8BrNO3/c1-5(11-14)7-3-2-6(9(12)13)4-8(7)10/h2-4,14H,1H3,(H,12,13). The molecule has 5 heteroatoms. The lowest BCUT2D eigenvalue weighted by Crippen LogP contribution is -2.00. The molecular weight excluding hydrogens is 250 g/mol. The molecule has 2 N–H and O–H groups in total. The van der Waals surface area contributed by atoms with E-state index in [1.807, 2.05) is 0 Å². The van der Waals surface area contributed by atoms with Gasteiger partial charge in [-0.15, -0.1) is 0 Å². The summed E-state index contributed by atoms with van der Waals surface area (Å²) < 4.78 is 0.590. The van der Waals surface area contributed by atoms with Crippen molar-refractivity contribution in [2.45, 2.75) is 6.92 Å². The summed E-state index contributed by atoms with van der Waals surface area (Å²) in [6.45, 7) is 1.63. The minimum absolute atomic E-state index is 0.186. The smallest absolute Gasteiger partial charge is 0.335 e. The fourth-order valence-electron chi connectivity index (χ4n) is 0.995. The van der Waals surface area contributed by atoms with E-state index in [-0.39, 0.29) is 5.56 Å². The van der Waals surface area contributed by atoms with Crippen LogP contribution in [-0.4, -0.2) is 22.0 Å². The van der Waals surface area contributed by atoms with Gasteiger partial charge < -0.3 is 10.3 Å². The van der Waals surface area contributed by atoms with Crippen LogP contribution in [0.15, 0.2) is 27.8 Å². The minimum atomic E-state index is -0.990. The Bertz CT molecular complexity index is 401. The van der Waals surface area contributed by atoms with Gasteiger partial charge in [-0.2, -0.15) is 0 Å². The van der Waals surface area contributed by atoms with Crippen molar-refractivity contribution in [2.24, 2.45) is 5.16 Å². The highest BCUT2D eigenvalue weighted by Gasteiger charge is 2.08. The first-order valence-electron chi connectivity index (χ1n) is 3.78. The van der Waals surface area contributed by atoms with E-state index < -0.39 is 5.97 Å². The van der Waals surface area contributed by atoms with Crippen molar-refractivity contribution in [1.29, 1.82) is 0 Å². The van der Waals surface area contributed by atoms with E-state index in [9.17, 15) is 4.79 Å². The molecule has 1 rings (SSSR count). The molecule has 0 aliphatic heterocycles. The van der Waals surface area contributed by atoms with Crippen LogP contribution in [0, 0.1) is 0 Å². The Kier molecular flexibility index (Phi) is 3.24. The molecule has 0 unspecified atom stereocenters.